The number of ether oxygens (including phenoxy) is 1. The van der Waals surface area contributed by atoms with Crippen molar-refractivity contribution in [3.05, 3.63) is 35.2 Å². The minimum absolute atomic E-state index is 0. The molecule has 2 aromatic rings. The third kappa shape index (κ3) is 6.79. The zero-order valence-corrected chi connectivity index (χ0v) is 17.8. The summed E-state index contributed by atoms with van der Waals surface area (Å²) in [4.78, 5) is 8.50. The standard InChI is InChI=1S/C16H22ClN5O2.HI/c1-16(2,23-4)10-20-15(18-3)19-9-13-21-14(22-24-13)11-6-5-7-12(17)8-11;/h5-8H,9-10H2,1-4H3,(H2,18,19,20);1H. The van der Waals surface area contributed by atoms with Crippen molar-refractivity contribution in [3.63, 3.8) is 0 Å². The van der Waals surface area contributed by atoms with Gasteiger partial charge in [-0.2, -0.15) is 4.98 Å². The number of nitrogens with zero attached hydrogens (tertiary/aromatic N) is 3. The van der Waals surface area contributed by atoms with Crippen molar-refractivity contribution in [2.75, 3.05) is 20.7 Å². The number of aliphatic imine (C=N–C) groups is 1. The first kappa shape index (κ1) is 21.7. The molecular weight excluding hydrogens is 457 g/mol. The van der Waals surface area contributed by atoms with Gasteiger partial charge in [-0.05, 0) is 26.0 Å². The predicted molar refractivity (Wildman–Crippen MR) is 109 cm³/mol. The van der Waals surface area contributed by atoms with E-state index >= 15 is 0 Å². The number of methoxy groups -OCH3 is 1. The average molecular weight is 480 g/mol. The highest BCUT2D eigenvalue weighted by atomic mass is 127. The minimum atomic E-state index is -0.290. The maximum Gasteiger partial charge on any atom is 0.246 e. The van der Waals surface area contributed by atoms with Crippen LogP contribution in [0, 0.1) is 0 Å². The van der Waals surface area contributed by atoms with Crippen LogP contribution in [0.25, 0.3) is 11.4 Å². The van der Waals surface area contributed by atoms with Crippen LogP contribution >= 0.6 is 35.6 Å². The molecule has 0 amide bonds. The smallest absolute Gasteiger partial charge is 0.246 e. The lowest BCUT2D eigenvalue weighted by Gasteiger charge is -2.24. The summed E-state index contributed by atoms with van der Waals surface area (Å²) in [5.74, 6) is 1.58. The van der Waals surface area contributed by atoms with Crippen molar-refractivity contribution >= 4 is 41.5 Å². The molecule has 2 N–H and O–H groups in total. The fraction of sp³-hybridized carbons (Fsp3) is 0.438. The van der Waals surface area contributed by atoms with Crippen molar-refractivity contribution in [1.29, 1.82) is 0 Å². The lowest BCUT2D eigenvalue weighted by molar-refractivity contribution is 0.0268. The van der Waals surface area contributed by atoms with Gasteiger partial charge in [0.2, 0.25) is 11.7 Å². The number of nitrogens with one attached hydrogen (secondary N) is 2. The van der Waals surface area contributed by atoms with E-state index in [1.54, 1.807) is 26.3 Å². The summed E-state index contributed by atoms with van der Waals surface area (Å²) in [5.41, 5.74) is 0.517. The molecule has 1 aromatic carbocycles. The Morgan fingerprint density at radius 1 is 1.36 bits per heavy atom. The molecule has 0 aliphatic heterocycles. The molecule has 7 nitrogen and oxygen atoms in total. The second-order valence-corrected chi connectivity index (χ2v) is 6.20. The normalized spacial score (nSPS) is 11.8. The molecule has 0 atom stereocenters. The quantitative estimate of drug-likeness (QED) is 0.376. The average Bonchev–Trinajstić information content (AvgIpc) is 3.04. The number of hydrogen-bond acceptors (Lipinski definition) is 5. The van der Waals surface area contributed by atoms with E-state index in [4.69, 9.17) is 20.9 Å². The summed E-state index contributed by atoms with van der Waals surface area (Å²) in [6, 6.07) is 7.30. The Labute approximate surface area is 169 Å². The zero-order chi connectivity index (χ0) is 17.6. The van der Waals surface area contributed by atoms with E-state index in [9.17, 15) is 0 Å². The Morgan fingerprint density at radius 2 is 2.12 bits per heavy atom. The number of rotatable bonds is 6. The summed E-state index contributed by atoms with van der Waals surface area (Å²) < 4.78 is 10.6. The van der Waals surface area contributed by atoms with Crippen molar-refractivity contribution in [2.45, 2.75) is 26.0 Å². The van der Waals surface area contributed by atoms with Crippen molar-refractivity contribution < 1.29 is 9.26 Å². The van der Waals surface area contributed by atoms with Gasteiger partial charge >= 0.3 is 0 Å². The second kappa shape index (κ2) is 9.93. The lowest BCUT2D eigenvalue weighted by Crippen LogP contribution is -2.45. The number of aromatic nitrogens is 2. The van der Waals surface area contributed by atoms with Crippen molar-refractivity contribution in [2.24, 2.45) is 4.99 Å². The first-order chi connectivity index (χ1) is 11.4. The molecule has 0 saturated carbocycles. The first-order valence-corrected chi connectivity index (χ1v) is 7.89. The summed E-state index contributed by atoms with van der Waals surface area (Å²) in [5, 5.41) is 10.9. The monoisotopic (exact) mass is 479 g/mol. The highest BCUT2D eigenvalue weighted by Crippen LogP contribution is 2.19. The van der Waals surface area contributed by atoms with Crippen LogP contribution in [0.2, 0.25) is 5.02 Å². The molecular formula is C16H23ClIN5O2. The van der Waals surface area contributed by atoms with Crippen molar-refractivity contribution in [1.82, 2.24) is 20.8 Å². The fourth-order valence-corrected chi connectivity index (χ4v) is 2.01. The fourth-order valence-electron chi connectivity index (χ4n) is 1.82. The number of halogens is 2. The topological polar surface area (TPSA) is 84.6 Å². The minimum Gasteiger partial charge on any atom is -0.377 e. The Hall–Kier alpha value is -1.39. The molecule has 1 heterocycles. The van der Waals surface area contributed by atoms with E-state index in [1.165, 1.54) is 0 Å². The Morgan fingerprint density at radius 3 is 2.76 bits per heavy atom. The van der Waals surface area contributed by atoms with Crippen LogP contribution in [0.5, 0.6) is 0 Å². The molecule has 25 heavy (non-hydrogen) atoms. The van der Waals surface area contributed by atoms with Gasteiger partial charge in [0.15, 0.2) is 5.96 Å². The number of hydrogen-bond donors (Lipinski definition) is 2. The maximum absolute atomic E-state index is 5.97. The third-order valence-electron chi connectivity index (χ3n) is 3.42. The van der Waals surface area contributed by atoms with E-state index in [1.807, 2.05) is 26.0 Å². The van der Waals surface area contributed by atoms with E-state index in [0.717, 1.165) is 5.56 Å². The van der Waals surface area contributed by atoms with Crippen LogP contribution < -0.4 is 10.6 Å². The SMILES string of the molecule is CN=C(NCc1nc(-c2cccc(Cl)c2)no1)NCC(C)(C)OC.I. The molecule has 0 radical (unpaired) electrons. The van der Waals surface area contributed by atoms with E-state index < -0.39 is 0 Å². The van der Waals surface area contributed by atoms with Crippen LogP contribution in [0.4, 0.5) is 0 Å². The lowest BCUT2D eigenvalue weighted by atomic mass is 10.1. The molecule has 0 aliphatic carbocycles. The Kier molecular flexibility index (Phi) is 8.60. The van der Waals surface area contributed by atoms with Gasteiger partial charge in [-0.1, -0.05) is 28.9 Å². The van der Waals surface area contributed by atoms with Crippen LogP contribution in [-0.2, 0) is 11.3 Å². The van der Waals surface area contributed by atoms with E-state index in [0.29, 0.717) is 35.8 Å². The predicted octanol–water partition coefficient (Wildman–Crippen LogP) is 3.10. The molecule has 138 valence electrons. The highest BCUT2D eigenvalue weighted by Gasteiger charge is 2.17. The maximum atomic E-state index is 5.97. The Bertz CT molecular complexity index is 705. The largest absolute Gasteiger partial charge is 0.377 e. The zero-order valence-electron chi connectivity index (χ0n) is 14.7. The molecule has 2 rings (SSSR count). The number of guanidine groups is 1. The summed E-state index contributed by atoms with van der Waals surface area (Å²) >= 11 is 5.97. The summed E-state index contributed by atoms with van der Waals surface area (Å²) in [6.45, 7) is 4.95. The molecule has 0 unspecified atom stereocenters. The first-order valence-electron chi connectivity index (χ1n) is 7.52. The van der Waals surface area contributed by atoms with Crippen LogP contribution in [-0.4, -0.2) is 42.4 Å². The number of benzene rings is 1. The van der Waals surface area contributed by atoms with Crippen LogP contribution in [0.1, 0.15) is 19.7 Å². The molecule has 9 heteroatoms. The van der Waals surface area contributed by atoms with Gasteiger partial charge in [0.1, 0.15) is 0 Å². The van der Waals surface area contributed by atoms with Crippen LogP contribution in [0.15, 0.2) is 33.8 Å². The highest BCUT2D eigenvalue weighted by molar-refractivity contribution is 14.0. The summed E-state index contributed by atoms with van der Waals surface area (Å²) in [7, 11) is 3.37. The van der Waals surface area contributed by atoms with Gasteiger partial charge in [-0.25, -0.2) is 0 Å². The summed E-state index contributed by atoms with van der Waals surface area (Å²) in [6.07, 6.45) is 0. The molecule has 0 bridgehead atoms. The van der Waals surface area contributed by atoms with E-state index in [2.05, 4.69) is 25.8 Å². The van der Waals surface area contributed by atoms with Gasteiger partial charge in [0.05, 0.1) is 12.1 Å². The van der Waals surface area contributed by atoms with Crippen molar-refractivity contribution in [3.8, 4) is 11.4 Å². The van der Waals surface area contributed by atoms with Gasteiger partial charge in [-0.15, -0.1) is 24.0 Å². The van der Waals surface area contributed by atoms with Gasteiger partial charge < -0.3 is 19.9 Å². The molecule has 0 saturated heterocycles. The molecule has 0 aliphatic rings. The molecule has 0 spiro atoms. The van der Waals surface area contributed by atoms with Gasteiger partial charge in [0, 0.05) is 31.3 Å². The van der Waals surface area contributed by atoms with Gasteiger partial charge in [-0.3, -0.25) is 4.99 Å². The van der Waals surface area contributed by atoms with E-state index in [-0.39, 0.29) is 29.6 Å². The Balaban J connectivity index is 0.00000312. The second-order valence-electron chi connectivity index (χ2n) is 5.77. The molecule has 1 aromatic heterocycles. The third-order valence-corrected chi connectivity index (χ3v) is 3.65. The van der Waals surface area contributed by atoms with Crippen LogP contribution in [0.3, 0.4) is 0 Å². The molecule has 0 fully saturated rings. The van der Waals surface area contributed by atoms with Gasteiger partial charge in [0.25, 0.3) is 0 Å².